The Balaban J connectivity index is 1.56. The molecule has 0 amide bonds. The molecule has 43 heavy (non-hydrogen) atoms. The number of aryl methyl sites for hydroxylation is 2. The third-order valence-electron chi connectivity index (χ3n) is 7.16. The molecule has 2 N–H and O–H groups in total. The summed E-state index contributed by atoms with van der Waals surface area (Å²) in [6, 6.07) is 9.92. The first kappa shape index (κ1) is 31.7. The summed E-state index contributed by atoms with van der Waals surface area (Å²) in [5, 5.41) is 1.87. The molecule has 1 aliphatic rings. The predicted molar refractivity (Wildman–Crippen MR) is 171 cm³/mol. The molecule has 0 fully saturated rings. The molecule has 0 spiro atoms. The van der Waals surface area contributed by atoms with Gasteiger partial charge in [-0.2, -0.15) is 0 Å². The van der Waals surface area contributed by atoms with E-state index in [9.17, 15) is 25.9 Å². The van der Waals surface area contributed by atoms with Gasteiger partial charge in [0, 0.05) is 0 Å². The SMILES string of the molecule is CCC(/C=C1\[Se]c2cc(OC)c(C)cc2N1CCCS(=O)(=O)O)=C\c1sc2ccc3occc3c2[n+]1CCCS(=O)(=O)O. The Morgan fingerprint density at radius 1 is 1.12 bits per heavy atom. The van der Waals surface area contributed by atoms with Crippen molar-refractivity contribution in [2.75, 3.05) is 30.1 Å². The molecule has 1 aliphatic heterocycles. The summed E-state index contributed by atoms with van der Waals surface area (Å²) in [5.74, 6) is 0.139. The van der Waals surface area contributed by atoms with Crippen LogP contribution in [-0.2, 0) is 26.8 Å². The standard InChI is InChI=1S/C29H32N2O8S3Se/c1-4-20(17-28-30(10-5-13-41(32,33)34)22-15-19(2)24(38-3)18-26(22)43-28)16-27-31(11-6-14-42(35,36)37)29-21-9-12-39-23(21)7-8-25(29)40-27/h7-9,12,15-18H,4-6,10-11,13-14H2,1-3H3,(H-,32,33,34,35,36,37)/p+1. The van der Waals surface area contributed by atoms with Crippen molar-refractivity contribution in [2.45, 2.75) is 39.7 Å². The van der Waals surface area contributed by atoms with Gasteiger partial charge in [0.15, 0.2) is 0 Å². The predicted octanol–water partition coefficient (Wildman–Crippen LogP) is 4.29. The van der Waals surface area contributed by atoms with E-state index in [1.54, 1.807) is 24.7 Å². The van der Waals surface area contributed by atoms with E-state index in [0.717, 1.165) is 64.2 Å². The van der Waals surface area contributed by atoms with Crippen LogP contribution in [0.4, 0.5) is 5.69 Å². The van der Waals surface area contributed by atoms with Gasteiger partial charge in [0.25, 0.3) is 0 Å². The molecule has 4 aromatic rings. The van der Waals surface area contributed by atoms with Gasteiger partial charge in [-0.1, -0.05) is 0 Å². The average Bonchev–Trinajstić information content (AvgIpc) is 3.62. The van der Waals surface area contributed by atoms with Crippen LogP contribution in [0.3, 0.4) is 0 Å². The molecule has 0 saturated heterocycles. The van der Waals surface area contributed by atoms with Gasteiger partial charge < -0.3 is 0 Å². The number of nitrogens with zero attached hydrogens (tertiary/aromatic N) is 2. The Hall–Kier alpha value is -2.71. The van der Waals surface area contributed by atoms with Gasteiger partial charge in [-0.15, -0.1) is 0 Å². The van der Waals surface area contributed by atoms with Crippen molar-refractivity contribution < 1.29 is 39.7 Å². The summed E-state index contributed by atoms with van der Waals surface area (Å²) in [7, 11) is -6.53. The number of benzene rings is 2. The zero-order valence-electron chi connectivity index (χ0n) is 23.9. The van der Waals surface area contributed by atoms with Gasteiger partial charge >= 0.3 is 262 Å². The number of furan rings is 1. The molecule has 3 heterocycles. The Labute approximate surface area is 261 Å². The molecule has 230 valence electrons. The maximum absolute atomic E-state index is 11.5. The van der Waals surface area contributed by atoms with E-state index >= 15 is 0 Å². The van der Waals surface area contributed by atoms with Gasteiger partial charge in [-0.25, -0.2) is 0 Å². The van der Waals surface area contributed by atoms with E-state index in [1.807, 2.05) is 31.2 Å². The zero-order chi connectivity index (χ0) is 30.9. The van der Waals surface area contributed by atoms with Crippen molar-refractivity contribution in [3.05, 3.63) is 63.4 Å². The van der Waals surface area contributed by atoms with Gasteiger partial charge in [0.05, 0.1) is 0 Å². The molecule has 0 saturated carbocycles. The Bertz CT molecular complexity index is 1960. The van der Waals surface area contributed by atoms with Crippen LogP contribution in [0.1, 0.15) is 36.8 Å². The molecule has 2 aromatic carbocycles. The second-order valence-electron chi connectivity index (χ2n) is 10.2. The van der Waals surface area contributed by atoms with E-state index in [-0.39, 0.29) is 39.3 Å². The molecule has 14 heteroatoms. The number of allylic oxidation sites excluding steroid dienone is 2. The molecule has 10 nitrogen and oxygen atoms in total. The van der Waals surface area contributed by atoms with Crippen LogP contribution < -0.4 is 18.7 Å². The van der Waals surface area contributed by atoms with Crippen molar-refractivity contribution in [1.82, 2.24) is 0 Å². The summed E-state index contributed by atoms with van der Waals surface area (Å²) < 4.78 is 81.0. The number of rotatable bonds is 12. The summed E-state index contributed by atoms with van der Waals surface area (Å²) in [6.45, 7) is 4.86. The van der Waals surface area contributed by atoms with Crippen LogP contribution in [-0.4, -0.2) is 66.1 Å². The van der Waals surface area contributed by atoms with Crippen molar-refractivity contribution in [3.8, 4) is 5.75 Å². The minimum atomic E-state index is -4.10. The van der Waals surface area contributed by atoms with E-state index in [1.165, 1.54) is 0 Å². The molecular weight excluding hydrogens is 679 g/mol. The fourth-order valence-corrected chi connectivity index (χ4v) is 9.78. The van der Waals surface area contributed by atoms with E-state index in [4.69, 9.17) is 9.15 Å². The van der Waals surface area contributed by atoms with E-state index < -0.39 is 20.2 Å². The van der Waals surface area contributed by atoms with Crippen molar-refractivity contribution >= 4 is 83.9 Å². The molecule has 0 radical (unpaired) electrons. The molecule has 0 bridgehead atoms. The number of aromatic nitrogens is 1. The average molecular weight is 713 g/mol. The number of hydrogen-bond acceptors (Lipinski definition) is 8. The Morgan fingerprint density at radius 3 is 2.56 bits per heavy atom. The number of methoxy groups -OCH3 is 1. The molecule has 0 atom stereocenters. The normalized spacial score (nSPS) is 15.2. The zero-order valence-corrected chi connectivity index (χ0v) is 28.1. The number of thiazole rings is 1. The Morgan fingerprint density at radius 2 is 1.86 bits per heavy atom. The third kappa shape index (κ3) is 7.34. The third-order valence-corrected chi connectivity index (χ3v) is 12.2. The fraction of sp³-hybridized carbons (Fsp3) is 0.345. The van der Waals surface area contributed by atoms with Crippen LogP contribution in [0.2, 0.25) is 0 Å². The number of hydrogen-bond donors (Lipinski definition) is 2. The molecule has 5 rings (SSSR count). The molecular formula is C29H33N2O8S3Se+. The second-order valence-corrected chi connectivity index (χ2v) is 16.6. The first-order valence-corrected chi connectivity index (χ1v) is 19.4. The minimum absolute atomic E-state index is 0.0722. The van der Waals surface area contributed by atoms with Crippen LogP contribution in [0.5, 0.6) is 5.75 Å². The van der Waals surface area contributed by atoms with Crippen molar-refractivity contribution in [2.24, 2.45) is 0 Å². The van der Waals surface area contributed by atoms with Crippen LogP contribution in [0, 0.1) is 6.92 Å². The van der Waals surface area contributed by atoms with Gasteiger partial charge in [0.2, 0.25) is 0 Å². The first-order valence-electron chi connectivity index (χ1n) is 13.7. The quantitative estimate of drug-likeness (QED) is 0.125. The first-order chi connectivity index (χ1) is 20.4. The summed E-state index contributed by atoms with van der Waals surface area (Å²) in [5.41, 5.74) is 4.73. The van der Waals surface area contributed by atoms with E-state index in [0.29, 0.717) is 13.1 Å². The number of anilines is 1. The summed E-state index contributed by atoms with van der Waals surface area (Å²) in [6.07, 6.45) is 7.13. The molecule has 0 aliphatic carbocycles. The molecule has 0 unspecified atom stereocenters. The van der Waals surface area contributed by atoms with Gasteiger partial charge in [0.1, 0.15) is 0 Å². The summed E-state index contributed by atoms with van der Waals surface area (Å²) in [4.78, 5) is 2.14. The van der Waals surface area contributed by atoms with Crippen LogP contribution in [0.15, 0.2) is 57.3 Å². The van der Waals surface area contributed by atoms with Crippen LogP contribution >= 0.6 is 11.3 Å². The fourth-order valence-electron chi connectivity index (χ4n) is 5.14. The monoisotopic (exact) mass is 713 g/mol. The topological polar surface area (TPSA) is 138 Å². The maximum atomic E-state index is 11.5. The number of fused-ring (bicyclic) bond motifs is 4. The van der Waals surface area contributed by atoms with Crippen molar-refractivity contribution in [3.63, 3.8) is 0 Å². The second kappa shape index (κ2) is 12.7. The van der Waals surface area contributed by atoms with E-state index in [2.05, 4.69) is 34.6 Å². The van der Waals surface area contributed by atoms with Gasteiger partial charge in [-0.05, 0) is 0 Å². The summed E-state index contributed by atoms with van der Waals surface area (Å²) >= 11 is 1.53. The molecule has 2 aromatic heterocycles. The Kier molecular flexibility index (Phi) is 9.38. The number of ether oxygens (including phenoxy) is 1. The van der Waals surface area contributed by atoms with Crippen molar-refractivity contribution in [1.29, 1.82) is 0 Å². The van der Waals surface area contributed by atoms with Crippen LogP contribution in [0.25, 0.3) is 27.3 Å². The van der Waals surface area contributed by atoms with Gasteiger partial charge in [-0.3, -0.25) is 0 Å².